The topological polar surface area (TPSA) is 35.5 Å². The summed E-state index contributed by atoms with van der Waals surface area (Å²) in [5.41, 5.74) is 0.469. The van der Waals surface area contributed by atoms with Gasteiger partial charge in [-0.2, -0.15) is 0 Å². The highest BCUT2D eigenvalue weighted by atomic mass is 79.9. The van der Waals surface area contributed by atoms with E-state index >= 15 is 0 Å². The van der Waals surface area contributed by atoms with Gasteiger partial charge in [-0.25, -0.2) is 9.18 Å². The van der Waals surface area contributed by atoms with Gasteiger partial charge in [0.2, 0.25) is 0 Å². The smallest absolute Gasteiger partial charge is 0.338 e. The van der Waals surface area contributed by atoms with Crippen molar-refractivity contribution in [1.82, 2.24) is 0 Å². The molecule has 1 aromatic rings. The van der Waals surface area contributed by atoms with Gasteiger partial charge in [-0.1, -0.05) is 18.2 Å². The van der Waals surface area contributed by atoms with Crippen molar-refractivity contribution in [1.29, 1.82) is 0 Å². The number of ether oxygens (including phenoxy) is 1. The molecule has 0 amide bonds. The Kier molecular flexibility index (Phi) is 6.05. The average Bonchev–Trinajstić information content (AvgIpc) is 2.35. The Bertz CT molecular complexity index is 412. The molecular formula is C12H13BrClFO3. The summed E-state index contributed by atoms with van der Waals surface area (Å²) in [5, 5.41) is 0. The normalized spacial score (nSPS) is 14.0. The summed E-state index contributed by atoms with van der Waals surface area (Å²) in [4.78, 5) is 10.1. The second kappa shape index (κ2) is 7.07. The first-order chi connectivity index (χ1) is 8.47. The van der Waals surface area contributed by atoms with Crippen LogP contribution >= 0.6 is 27.9 Å². The molecule has 0 spiro atoms. The van der Waals surface area contributed by atoms with Crippen molar-refractivity contribution in [2.24, 2.45) is 0 Å². The minimum atomic E-state index is -1.15. The molecule has 0 saturated heterocycles. The number of halogens is 3. The lowest BCUT2D eigenvalue weighted by molar-refractivity contribution is -0.135. The van der Waals surface area contributed by atoms with Crippen LogP contribution in [0.3, 0.4) is 0 Å². The zero-order chi connectivity index (χ0) is 13.6. The number of alkyl halides is 1. The second-order valence-corrected chi connectivity index (χ2v) is 5.11. The summed E-state index contributed by atoms with van der Waals surface area (Å²) >= 11 is 8.52. The van der Waals surface area contributed by atoms with Gasteiger partial charge in [-0.15, -0.1) is 11.6 Å². The lowest BCUT2D eigenvalue weighted by Crippen LogP contribution is -2.30. The van der Waals surface area contributed by atoms with Crippen molar-refractivity contribution < 1.29 is 17.8 Å². The second-order valence-electron chi connectivity index (χ2n) is 3.96. The summed E-state index contributed by atoms with van der Waals surface area (Å²) in [6.07, 6.45) is 0.271. The Labute approximate surface area is 119 Å². The molecule has 18 heavy (non-hydrogen) atoms. The molecule has 1 atom stereocenters. The third-order valence-corrected chi connectivity index (χ3v) is 3.06. The van der Waals surface area contributed by atoms with Crippen LogP contribution in [0.25, 0.3) is 0 Å². The van der Waals surface area contributed by atoms with Crippen LogP contribution in [0.15, 0.2) is 24.3 Å². The Morgan fingerprint density at radius 1 is 1.50 bits per heavy atom. The average molecular weight is 340 g/mol. The van der Waals surface area contributed by atoms with Gasteiger partial charge in [0.25, 0.3) is 0 Å². The third-order valence-electron chi connectivity index (χ3n) is 2.43. The number of hydrogen-bond donors (Lipinski definition) is 0. The van der Waals surface area contributed by atoms with E-state index in [9.17, 15) is 9.18 Å². The van der Waals surface area contributed by atoms with E-state index < -0.39 is 10.8 Å². The molecule has 0 aliphatic rings. The Morgan fingerprint density at radius 3 is 2.78 bits per heavy atom. The van der Waals surface area contributed by atoms with Crippen LogP contribution in [0.2, 0.25) is 0 Å². The van der Waals surface area contributed by atoms with E-state index in [4.69, 9.17) is 16.3 Å². The van der Waals surface area contributed by atoms with Gasteiger partial charge in [0.15, 0.2) is 16.3 Å². The number of carbonyl (C=O) groups is 1. The van der Waals surface area contributed by atoms with Gasteiger partial charge in [-0.3, -0.25) is 0 Å². The van der Waals surface area contributed by atoms with Crippen molar-refractivity contribution in [3.8, 4) is 0 Å². The third kappa shape index (κ3) is 4.55. The van der Waals surface area contributed by atoms with Crippen LogP contribution in [0.5, 0.6) is 0 Å². The molecule has 0 heterocycles. The predicted octanol–water partition coefficient (Wildman–Crippen LogP) is 3.58. The molecule has 1 unspecified atom stereocenters. The minimum Gasteiger partial charge on any atom is -0.382 e. The van der Waals surface area contributed by atoms with E-state index in [2.05, 4.69) is 20.1 Å². The van der Waals surface area contributed by atoms with Gasteiger partial charge in [0.1, 0.15) is 10.7 Å². The van der Waals surface area contributed by atoms with E-state index in [1.807, 2.05) is 0 Å². The Hall–Kier alpha value is -0.650. The maximum absolute atomic E-state index is 13.2. The Morgan fingerprint density at radius 2 is 2.17 bits per heavy atom. The molecule has 100 valence electrons. The molecule has 3 nitrogen and oxygen atoms in total. The van der Waals surface area contributed by atoms with E-state index in [0.29, 0.717) is 5.56 Å². The van der Waals surface area contributed by atoms with Crippen molar-refractivity contribution in [3.63, 3.8) is 0 Å². The highest BCUT2D eigenvalue weighted by Gasteiger charge is 2.31. The SMILES string of the molecule is CC(Cl)(CCOCc1ccccc1F)C(=O)OBr. The van der Waals surface area contributed by atoms with Crippen LogP contribution in [0, 0.1) is 5.82 Å². The lowest BCUT2D eigenvalue weighted by atomic mass is 10.1. The lowest BCUT2D eigenvalue weighted by Gasteiger charge is -2.17. The first-order valence-electron chi connectivity index (χ1n) is 5.30. The summed E-state index contributed by atoms with van der Waals surface area (Å²) in [7, 11) is 0. The molecule has 0 aliphatic heterocycles. The molecule has 1 aromatic carbocycles. The quantitative estimate of drug-likeness (QED) is 0.587. The van der Waals surface area contributed by atoms with E-state index in [-0.39, 0.29) is 25.5 Å². The number of carbonyl (C=O) groups excluding carboxylic acids is 1. The largest absolute Gasteiger partial charge is 0.382 e. The molecule has 0 aliphatic carbocycles. The van der Waals surface area contributed by atoms with Crippen molar-refractivity contribution in [2.75, 3.05) is 6.61 Å². The molecule has 0 saturated carbocycles. The fourth-order valence-corrected chi connectivity index (χ4v) is 1.81. The maximum Gasteiger partial charge on any atom is 0.338 e. The standard InChI is InChI=1S/C12H13BrClFO3/c1-12(14,11(16)18-13)6-7-17-8-9-4-2-3-5-10(9)15/h2-5H,6-8H2,1H3. The predicted molar refractivity (Wildman–Crippen MR) is 70.0 cm³/mol. The van der Waals surface area contributed by atoms with Gasteiger partial charge in [-0.05, 0) is 13.0 Å². The number of hydrogen-bond acceptors (Lipinski definition) is 3. The molecule has 0 bridgehead atoms. The fourth-order valence-electron chi connectivity index (χ4n) is 1.24. The molecule has 0 fully saturated rings. The molecule has 6 heteroatoms. The van der Waals surface area contributed by atoms with Crippen LogP contribution < -0.4 is 0 Å². The monoisotopic (exact) mass is 338 g/mol. The molecule has 0 radical (unpaired) electrons. The van der Waals surface area contributed by atoms with Crippen molar-refractivity contribution >= 4 is 33.8 Å². The van der Waals surface area contributed by atoms with Gasteiger partial charge in [0.05, 0.1) is 6.61 Å². The summed E-state index contributed by atoms with van der Waals surface area (Å²) < 4.78 is 22.9. The van der Waals surface area contributed by atoms with Gasteiger partial charge < -0.3 is 8.57 Å². The zero-order valence-corrected chi connectivity index (χ0v) is 12.1. The minimum absolute atomic E-state index is 0.142. The maximum atomic E-state index is 13.2. The van der Waals surface area contributed by atoms with Crippen LogP contribution in [0.1, 0.15) is 18.9 Å². The van der Waals surface area contributed by atoms with Gasteiger partial charge >= 0.3 is 5.97 Å². The summed E-state index contributed by atoms with van der Waals surface area (Å²) in [5.74, 6) is -0.898. The molecule has 0 aromatic heterocycles. The van der Waals surface area contributed by atoms with E-state index in [1.54, 1.807) is 18.2 Å². The number of benzene rings is 1. The highest BCUT2D eigenvalue weighted by molar-refractivity contribution is 9.06. The van der Waals surface area contributed by atoms with Crippen LogP contribution in [-0.4, -0.2) is 17.5 Å². The molecule has 0 N–H and O–H groups in total. The van der Waals surface area contributed by atoms with Crippen LogP contribution in [0.4, 0.5) is 4.39 Å². The summed E-state index contributed by atoms with van der Waals surface area (Å²) in [6.45, 7) is 1.91. The van der Waals surface area contributed by atoms with E-state index in [1.165, 1.54) is 13.0 Å². The molecule has 1 rings (SSSR count). The first kappa shape index (κ1) is 15.4. The fraction of sp³-hybridized carbons (Fsp3) is 0.417. The van der Waals surface area contributed by atoms with Gasteiger partial charge in [0, 0.05) is 18.6 Å². The summed E-state index contributed by atoms with van der Waals surface area (Å²) in [6, 6.07) is 6.35. The number of rotatable bonds is 6. The molecular weight excluding hydrogens is 326 g/mol. The van der Waals surface area contributed by atoms with Crippen molar-refractivity contribution in [3.05, 3.63) is 35.6 Å². The van der Waals surface area contributed by atoms with E-state index in [0.717, 1.165) is 0 Å². The zero-order valence-electron chi connectivity index (χ0n) is 9.79. The van der Waals surface area contributed by atoms with Crippen molar-refractivity contribution in [2.45, 2.75) is 24.8 Å². The highest BCUT2D eigenvalue weighted by Crippen LogP contribution is 2.22. The van der Waals surface area contributed by atoms with Crippen LogP contribution in [-0.2, 0) is 20.0 Å². The first-order valence-corrected chi connectivity index (χ1v) is 6.33. The Balaban J connectivity index is 2.35.